The van der Waals surface area contributed by atoms with E-state index >= 15 is 0 Å². The Bertz CT molecular complexity index is 975. The Kier molecular flexibility index (Phi) is 6.29. The van der Waals surface area contributed by atoms with E-state index in [4.69, 9.17) is 9.88 Å². The van der Waals surface area contributed by atoms with Crippen molar-refractivity contribution in [2.75, 3.05) is 13.7 Å². The smallest absolute Gasteiger partial charge is 0.341 e. The average molecular weight is 394 g/mol. The first-order valence-corrected chi connectivity index (χ1v) is 9.42. The minimum atomic E-state index is -4.11. The zero-order valence-corrected chi connectivity index (χ0v) is 15.6. The van der Waals surface area contributed by atoms with Crippen LogP contribution in [0.5, 0.6) is 0 Å². The van der Waals surface area contributed by atoms with Crippen LogP contribution in [0.4, 0.5) is 4.39 Å². The SMILES string of the molecule is Cc1ccccc1CN(C)C(=O)COC(=O)c1cc(S(N)(=O)=O)ccc1F. The molecule has 0 bridgehead atoms. The molecule has 0 aliphatic rings. The zero-order valence-electron chi connectivity index (χ0n) is 14.8. The maximum absolute atomic E-state index is 13.8. The Morgan fingerprint density at radius 1 is 1.19 bits per heavy atom. The normalized spacial score (nSPS) is 11.1. The van der Waals surface area contributed by atoms with Crippen LogP contribution in [-0.2, 0) is 26.1 Å². The van der Waals surface area contributed by atoms with Gasteiger partial charge in [-0.25, -0.2) is 22.7 Å². The highest BCUT2D eigenvalue weighted by molar-refractivity contribution is 7.89. The summed E-state index contributed by atoms with van der Waals surface area (Å²) in [4.78, 5) is 25.1. The lowest BCUT2D eigenvalue weighted by atomic mass is 10.1. The van der Waals surface area contributed by atoms with Crippen molar-refractivity contribution in [2.24, 2.45) is 5.14 Å². The molecule has 0 fully saturated rings. The van der Waals surface area contributed by atoms with E-state index in [-0.39, 0.29) is 0 Å². The number of sulfonamides is 1. The standard InChI is InChI=1S/C18H19FN2O5S/c1-12-5-3-4-6-13(12)10-21(2)17(22)11-26-18(23)15-9-14(27(20,24)25)7-8-16(15)19/h3-9H,10-11H2,1-2H3,(H2,20,24,25). The van der Waals surface area contributed by atoms with E-state index in [2.05, 4.69) is 0 Å². The molecular formula is C18H19FN2O5S. The number of hydrogen-bond donors (Lipinski definition) is 1. The quantitative estimate of drug-likeness (QED) is 0.749. The van der Waals surface area contributed by atoms with Gasteiger partial charge in [0.25, 0.3) is 5.91 Å². The molecule has 0 heterocycles. The number of benzene rings is 2. The molecule has 2 rings (SSSR count). The highest BCUT2D eigenvalue weighted by Gasteiger charge is 2.20. The number of amides is 1. The molecule has 0 aliphatic carbocycles. The van der Waals surface area contributed by atoms with Crippen LogP contribution in [0, 0.1) is 12.7 Å². The molecule has 9 heteroatoms. The van der Waals surface area contributed by atoms with Gasteiger partial charge in [0.15, 0.2) is 6.61 Å². The molecule has 1 amide bonds. The van der Waals surface area contributed by atoms with Gasteiger partial charge in [-0.15, -0.1) is 0 Å². The zero-order chi connectivity index (χ0) is 20.2. The van der Waals surface area contributed by atoms with E-state index in [0.29, 0.717) is 6.54 Å². The van der Waals surface area contributed by atoms with Crippen molar-refractivity contribution in [1.82, 2.24) is 4.90 Å². The van der Waals surface area contributed by atoms with Gasteiger partial charge in [0, 0.05) is 13.6 Å². The number of carbonyl (C=O) groups excluding carboxylic acids is 2. The van der Waals surface area contributed by atoms with Crippen LogP contribution in [0.3, 0.4) is 0 Å². The summed E-state index contributed by atoms with van der Waals surface area (Å²) in [5.41, 5.74) is 1.33. The minimum Gasteiger partial charge on any atom is -0.452 e. The van der Waals surface area contributed by atoms with Gasteiger partial charge in [0.05, 0.1) is 10.5 Å². The number of likely N-dealkylation sites (N-methyl/N-ethyl adjacent to an activating group) is 1. The van der Waals surface area contributed by atoms with Gasteiger partial charge < -0.3 is 9.64 Å². The monoisotopic (exact) mass is 394 g/mol. The third kappa shape index (κ3) is 5.35. The lowest BCUT2D eigenvalue weighted by Crippen LogP contribution is -2.31. The van der Waals surface area contributed by atoms with Crippen LogP contribution in [0.2, 0.25) is 0 Å². The van der Waals surface area contributed by atoms with E-state index in [1.165, 1.54) is 4.90 Å². The third-order valence-corrected chi connectivity index (χ3v) is 4.82. The second kappa shape index (κ2) is 8.28. The largest absolute Gasteiger partial charge is 0.452 e. The maximum atomic E-state index is 13.8. The van der Waals surface area contributed by atoms with E-state index in [0.717, 1.165) is 29.3 Å². The first kappa shape index (κ1) is 20.5. The number of primary sulfonamides is 1. The van der Waals surface area contributed by atoms with Gasteiger partial charge in [-0.1, -0.05) is 24.3 Å². The second-order valence-electron chi connectivity index (χ2n) is 5.94. The Morgan fingerprint density at radius 3 is 2.48 bits per heavy atom. The molecule has 0 aliphatic heterocycles. The van der Waals surface area contributed by atoms with Crippen molar-refractivity contribution in [3.05, 3.63) is 65.0 Å². The molecule has 0 atom stereocenters. The fourth-order valence-corrected chi connectivity index (χ4v) is 2.82. The number of ether oxygens (including phenoxy) is 1. The van der Waals surface area contributed by atoms with Gasteiger partial charge in [-0.2, -0.15) is 0 Å². The van der Waals surface area contributed by atoms with Crippen LogP contribution in [0.15, 0.2) is 47.4 Å². The molecule has 0 aromatic heterocycles. The number of nitrogens with two attached hydrogens (primary N) is 1. The van der Waals surface area contributed by atoms with Gasteiger partial charge in [0.1, 0.15) is 5.82 Å². The number of carbonyl (C=O) groups is 2. The molecule has 2 N–H and O–H groups in total. The first-order chi connectivity index (χ1) is 12.6. The molecular weight excluding hydrogens is 375 g/mol. The van der Waals surface area contributed by atoms with E-state index in [1.54, 1.807) is 7.05 Å². The highest BCUT2D eigenvalue weighted by atomic mass is 32.2. The van der Waals surface area contributed by atoms with Crippen LogP contribution in [0.25, 0.3) is 0 Å². The first-order valence-electron chi connectivity index (χ1n) is 7.87. The molecule has 0 saturated carbocycles. The van der Waals surface area contributed by atoms with Crippen LogP contribution in [0.1, 0.15) is 21.5 Å². The summed E-state index contributed by atoms with van der Waals surface area (Å²) < 4.78 is 41.2. The fourth-order valence-electron chi connectivity index (χ4n) is 2.28. The molecule has 27 heavy (non-hydrogen) atoms. The molecule has 7 nitrogen and oxygen atoms in total. The molecule has 0 spiro atoms. The third-order valence-electron chi connectivity index (χ3n) is 3.91. The minimum absolute atomic E-state index is 0.318. The molecule has 0 saturated heterocycles. The second-order valence-corrected chi connectivity index (χ2v) is 7.50. The summed E-state index contributed by atoms with van der Waals surface area (Å²) in [5.74, 6) is -2.63. The lowest BCUT2D eigenvalue weighted by molar-refractivity contribution is -0.133. The predicted octanol–water partition coefficient (Wildman–Crippen LogP) is 1.60. The molecule has 144 valence electrons. The van der Waals surface area contributed by atoms with Crippen LogP contribution in [-0.4, -0.2) is 38.8 Å². The van der Waals surface area contributed by atoms with E-state index in [1.807, 2.05) is 31.2 Å². The Hall–Kier alpha value is -2.78. The molecule has 2 aromatic rings. The van der Waals surface area contributed by atoms with Crippen LogP contribution >= 0.6 is 0 Å². The molecule has 0 unspecified atom stereocenters. The average Bonchev–Trinajstić information content (AvgIpc) is 2.60. The number of halogens is 1. The predicted molar refractivity (Wildman–Crippen MR) is 95.7 cm³/mol. The fraction of sp³-hybridized carbons (Fsp3) is 0.222. The summed E-state index contributed by atoms with van der Waals surface area (Å²) in [7, 11) is -2.56. The van der Waals surface area contributed by atoms with Crippen molar-refractivity contribution < 1.29 is 27.1 Å². The summed E-state index contributed by atoms with van der Waals surface area (Å²) >= 11 is 0. The number of nitrogens with zero attached hydrogens (tertiary/aromatic N) is 1. The topological polar surface area (TPSA) is 107 Å². The van der Waals surface area contributed by atoms with Gasteiger partial charge in [-0.3, -0.25) is 4.79 Å². The molecule has 0 radical (unpaired) electrons. The number of esters is 1. The lowest BCUT2D eigenvalue weighted by Gasteiger charge is -2.18. The summed E-state index contributed by atoms with van der Waals surface area (Å²) in [5, 5.41) is 4.96. The number of hydrogen-bond acceptors (Lipinski definition) is 5. The van der Waals surface area contributed by atoms with E-state index < -0.39 is 44.8 Å². The van der Waals surface area contributed by atoms with Crippen molar-refractivity contribution in [2.45, 2.75) is 18.4 Å². The molecule has 2 aromatic carbocycles. The van der Waals surface area contributed by atoms with Crippen molar-refractivity contribution >= 4 is 21.9 Å². The van der Waals surface area contributed by atoms with Crippen molar-refractivity contribution in [3.63, 3.8) is 0 Å². The number of rotatable bonds is 6. The van der Waals surface area contributed by atoms with Gasteiger partial charge in [0.2, 0.25) is 10.0 Å². The van der Waals surface area contributed by atoms with Gasteiger partial charge in [-0.05, 0) is 36.2 Å². The van der Waals surface area contributed by atoms with Crippen molar-refractivity contribution in [1.29, 1.82) is 0 Å². The maximum Gasteiger partial charge on any atom is 0.341 e. The Balaban J connectivity index is 2.03. The Labute approximate surface area is 156 Å². The van der Waals surface area contributed by atoms with E-state index in [9.17, 15) is 22.4 Å². The summed E-state index contributed by atoms with van der Waals surface area (Å²) in [6, 6.07) is 10.0. The van der Waals surface area contributed by atoms with Gasteiger partial charge >= 0.3 is 5.97 Å². The highest BCUT2D eigenvalue weighted by Crippen LogP contribution is 2.15. The van der Waals surface area contributed by atoms with Crippen molar-refractivity contribution in [3.8, 4) is 0 Å². The summed E-state index contributed by atoms with van der Waals surface area (Å²) in [6.45, 7) is 1.62. The van der Waals surface area contributed by atoms with Crippen LogP contribution < -0.4 is 5.14 Å². The summed E-state index contributed by atoms with van der Waals surface area (Å²) in [6.07, 6.45) is 0. The Morgan fingerprint density at radius 2 is 1.85 bits per heavy atom. The number of aryl methyl sites for hydroxylation is 1.